The Bertz CT molecular complexity index is 956. The Kier molecular flexibility index (Phi) is 3.53. The van der Waals surface area contributed by atoms with Crippen molar-refractivity contribution in [2.45, 2.75) is 18.8 Å². The number of aromatic amines is 1. The fourth-order valence-corrected chi connectivity index (χ4v) is 3.33. The highest BCUT2D eigenvalue weighted by atomic mass is 16.5. The molecule has 24 heavy (non-hydrogen) atoms. The zero-order valence-electron chi connectivity index (χ0n) is 13.8. The molecule has 4 rings (SSSR count). The first-order valence-corrected chi connectivity index (χ1v) is 8.10. The van der Waals surface area contributed by atoms with Crippen molar-refractivity contribution in [2.24, 2.45) is 0 Å². The highest BCUT2D eigenvalue weighted by molar-refractivity contribution is 5.92. The van der Waals surface area contributed by atoms with Crippen LogP contribution >= 0.6 is 0 Å². The highest BCUT2D eigenvalue weighted by Crippen LogP contribution is 2.47. The maximum atomic E-state index is 12.8. The van der Waals surface area contributed by atoms with Crippen LogP contribution < -0.4 is 15.0 Å². The van der Waals surface area contributed by atoms with Crippen molar-refractivity contribution < 1.29 is 9.47 Å². The van der Waals surface area contributed by atoms with E-state index in [9.17, 15) is 4.79 Å². The number of H-pyrrole nitrogens is 1. The molecule has 0 unspecified atom stereocenters. The van der Waals surface area contributed by atoms with Gasteiger partial charge in [-0.15, -0.1) is 0 Å². The number of methoxy groups -OCH3 is 2. The molecule has 1 heterocycles. The van der Waals surface area contributed by atoms with E-state index >= 15 is 0 Å². The third kappa shape index (κ3) is 2.35. The lowest BCUT2D eigenvalue weighted by atomic mass is 9.94. The molecule has 4 nitrogen and oxygen atoms in total. The molecule has 0 atom stereocenters. The first-order chi connectivity index (χ1) is 11.7. The van der Waals surface area contributed by atoms with Crippen molar-refractivity contribution in [1.82, 2.24) is 4.98 Å². The minimum absolute atomic E-state index is 0.0529. The molecule has 0 saturated heterocycles. The highest BCUT2D eigenvalue weighted by Gasteiger charge is 2.30. The topological polar surface area (TPSA) is 51.3 Å². The van der Waals surface area contributed by atoms with Crippen LogP contribution in [0.25, 0.3) is 22.0 Å². The number of pyridine rings is 1. The van der Waals surface area contributed by atoms with E-state index in [1.165, 1.54) is 0 Å². The number of nitrogens with one attached hydrogen (secondary N) is 1. The first kappa shape index (κ1) is 14.8. The van der Waals surface area contributed by atoms with Crippen LogP contribution in [0.15, 0.2) is 47.3 Å². The molecule has 0 spiro atoms. The molecule has 0 bridgehead atoms. The SMILES string of the molecule is COc1cc2[nH]c(=O)c(-c3ccccc3)c(C3CC3)c2cc1OC. The molecule has 122 valence electrons. The summed E-state index contributed by atoms with van der Waals surface area (Å²) in [6.07, 6.45) is 2.24. The van der Waals surface area contributed by atoms with Crippen LogP contribution in [-0.4, -0.2) is 19.2 Å². The molecule has 0 amide bonds. The molecular formula is C20H19NO3. The average molecular weight is 321 g/mol. The minimum atomic E-state index is -0.0529. The lowest BCUT2D eigenvalue weighted by molar-refractivity contribution is 0.355. The first-order valence-electron chi connectivity index (χ1n) is 8.10. The van der Waals surface area contributed by atoms with Crippen molar-refractivity contribution >= 4 is 10.9 Å². The number of aromatic nitrogens is 1. The molecule has 1 N–H and O–H groups in total. The standard InChI is InChI=1S/C20H19NO3/c1-23-16-10-14-15(11-17(16)24-2)21-20(22)19(18(14)13-8-9-13)12-6-4-3-5-7-12/h3-7,10-11,13H,8-9H2,1-2H3,(H,21,22). The molecule has 1 aliphatic carbocycles. The largest absolute Gasteiger partial charge is 0.493 e. The van der Waals surface area contributed by atoms with Gasteiger partial charge in [0.05, 0.1) is 25.3 Å². The number of fused-ring (bicyclic) bond motifs is 1. The van der Waals surface area contributed by atoms with Crippen LogP contribution in [0, 0.1) is 0 Å². The Morgan fingerprint density at radius 1 is 1.00 bits per heavy atom. The maximum absolute atomic E-state index is 12.8. The Hall–Kier alpha value is -2.75. The summed E-state index contributed by atoms with van der Waals surface area (Å²) in [7, 11) is 3.23. The molecule has 3 aromatic rings. The quantitative estimate of drug-likeness (QED) is 0.787. The van der Waals surface area contributed by atoms with Gasteiger partial charge in [-0.25, -0.2) is 0 Å². The van der Waals surface area contributed by atoms with Crippen molar-refractivity contribution in [3.05, 3.63) is 58.4 Å². The maximum Gasteiger partial charge on any atom is 0.256 e. The van der Waals surface area contributed by atoms with Gasteiger partial charge in [-0.05, 0) is 36.0 Å². The van der Waals surface area contributed by atoms with Crippen LogP contribution in [-0.2, 0) is 0 Å². The molecule has 1 aromatic heterocycles. The van der Waals surface area contributed by atoms with Crippen LogP contribution in [0.5, 0.6) is 11.5 Å². The average Bonchev–Trinajstić information content (AvgIpc) is 3.45. The molecule has 0 radical (unpaired) electrons. The number of ether oxygens (including phenoxy) is 2. The van der Waals surface area contributed by atoms with Crippen molar-refractivity contribution in [2.75, 3.05) is 14.2 Å². The van der Waals surface area contributed by atoms with E-state index in [2.05, 4.69) is 4.98 Å². The Labute approximate surface area is 140 Å². The molecule has 0 aliphatic heterocycles. The normalized spacial score (nSPS) is 13.9. The van der Waals surface area contributed by atoms with E-state index in [-0.39, 0.29) is 5.56 Å². The number of benzene rings is 2. The van der Waals surface area contributed by atoms with Gasteiger partial charge in [-0.3, -0.25) is 4.79 Å². The van der Waals surface area contributed by atoms with Crippen LogP contribution in [0.1, 0.15) is 24.3 Å². The molecule has 4 heteroatoms. The fraction of sp³-hybridized carbons (Fsp3) is 0.250. The van der Waals surface area contributed by atoms with E-state index in [0.29, 0.717) is 17.4 Å². The number of hydrogen-bond donors (Lipinski definition) is 1. The van der Waals surface area contributed by atoms with Gasteiger partial charge in [0.25, 0.3) is 5.56 Å². The zero-order chi connectivity index (χ0) is 16.7. The van der Waals surface area contributed by atoms with Crippen molar-refractivity contribution in [1.29, 1.82) is 0 Å². The lowest BCUT2D eigenvalue weighted by Gasteiger charge is -2.15. The van der Waals surface area contributed by atoms with Gasteiger partial charge in [0, 0.05) is 11.5 Å². The van der Waals surface area contributed by atoms with Gasteiger partial charge in [0.2, 0.25) is 0 Å². The second kappa shape index (κ2) is 5.71. The summed E-state index contributed by atoms with van der Waals surface area (Å²) >= 11 is 0. The van der Waals surface area contributed by atoms with Crippen LogP contribution in [0.3, 0.4) is 0 Å². The Morgan fingerprint density at radius 2 is 1.67 bits per heavy atom. The molecule has 2 aromatic carbocycles. The van der Waals surface area contributed by atoms with Crippen molar-refractivity contribution in [3.63, 3.8) is 0 Å². The van der Waals surface area contributed by atoms with Crippen LogP contribution in [0.4, 0.5) is 0 Å². The zero-order valence-corrected chi connectivity index (χ0v) is 13.8. The van der Waals surface area contributed by atoms with E-state index in [1.807, 2.05) is 42.5 Å². The van der Waals surface area contributed by atoms with Gasteiger partial charge in [-0.1, -0.05) is 30.3 Å². The second-order valence-electron chi connectivity index (χ2n) is 6.14. The van der Waals surface area contributed by atoms with Gasteiger partial charge < -0.3 is 14.5 Å². The lowest BCUT2D eigenvalue weighted by Crippen LogP contribution is -2.12. The summed E-state index contributed by atoms with van der Waals surface area (Å²) in [6.45, 7) is 0. The van der Waals surface area contributed by atoms with E-state index < -0.39 is 0 Å². The summed E-state index contributed by atoms with van der Waals surface area (Å²) in [5.74, 6) is 1.73. The Morgan fingerprint density at radius 3 is 2.29 bits per heavy atom. The summed E-state index contributed by atoms with van der Waals surface area (Å²) in [5, 5.41) is 1.04. The van der Waals surface area contributed by atoms with Crippen LogP contribution in [0.2, 0.25) is 0 Å². The summed E-state index contributed by atoms with van der Waals surface area (Å²) in [6, 6.07) is 13.7. The monoisotopic (exact) mass is 321 g/mol. The number of rotatable bonds is 4. The summed E-state index contributed by atoms with van der Waals surface area (Å²) in [5.41, 5.74) is 3.60. The summed E-state index contributed by atoms with van der Waals surface area (Å²) in [4.78, 5) is 15.8. The van der Waals surface area contributed by atoms with E-state index in [4.69, 9.17) is 9.47 Å². The minimum Gasteiger partial charge on any atom is -0.493 e. The third-order valence-corrected chi connectivity index (χ3v) is 4.61. The second-order valence-corrected chi connectivity index (χ2v) is 6.14. The Balaban J connectivity index is 2.08. The van der Waals surface area contributed by atoms with Gasteiger partial charge in [0.1, 0.15) is 0 Å². The fourth-order valence-electron chi connectivity index (χ4n) is 3.33. The predicted octanol–water partition coefficient (Wildman–Crippen LogP) is 4.09. The third-order valence-electron chi connectivity index (χ3n) is 4.61. The van der Waals surface area contributed by atoms with Crippen molar-refractivity contribution in [3.8, 4) is 22.6 Å². The molecular weight excluding hydrogens is 302 g/mol. The van der Waals surface area contributed by atoms with Gasteiger partial charge in [-0.2, -0.15) is 0 Å². The van der Waals surface area contributed by atoms with E-state index in [0.717, 1.165) is 40.4 Å². The predicted molar refractivity (Wildman–Crippen MR) is 95.1 cm³/mol. The number of hydrogen-bond acceptors (Lipinski definition) is 3. The van der Waals surface area contributed by atoms with E-state index in [1.54, 1.807) is 14.2 Å². The van der Waals surface area contributed by atoms with Gasteiger partial charge in [0.15, 0.2) is 11.5 Å². The van der Waals surface area contributed by atoms with Gasteiger partial charge >= 0.3 is 0 Å². The molecule has 1 saturated carbocycles. The molecule has 1 fully saturated rings. The molecule has 1 aliphatic rings. The smallest absolute Gasteiger partial charge is 0.256 e. The summed E-state index contributed by atoms with van der Waals surface area (Å²) < 4.78 is 10.8.